The molecule has 0 saturated carbocycles. The Balaban J connectivity index is 1.19. The molecule has 2 fully saturated rings. The molecule has 8 heteroatoms. The van der Waals surface area contributed by atoms with E-state index in [0.717, 1.165) is 68.3 Å². The predicted octanol–water partition coefficient (Wildman–Crippen LogP) is 5.97. The first kappa shape index (κ1) is 25.7. The number of benzene rings is 2. The molecule has 2 aromatic carbocycles. The van der Waals surface area contributed by atoms with Gasteiger partial charge in [0.2, 0.25) is 0 Å². The van der Waals surface area contributed by atoms with Crippen molar-refractivity contribution in [2.24, 2.45) is 11.8 Å². The van der Waals surface area contributed by atoms with Crippen molar-refractivity contribution in [1.82, 2.24) is 14.8 Å². The molecule has 0 aliphatic carbocycles. The summed E-state index contributed by atoms with van der Waals surface area (Å²) >= 11 is 18.5. The zero-order chi connectivity index (χ0) is 25.2. The maximum absolute atomic E-state index is 13.4. The lowest BCUT2D eigenvalue weighted by atomic mass is 9.80. The van der Waals surface area contributed by atoms with E-state index in [1.165, 1.54) is 0 Å². The number of carbonyl (C=O) groups excluding carboxylic acids is 1. The van der Waals surface area contributed by atoms with E-state index in [-0.39, 0.29) is 18.4 Å². The second-order valence-electron chi connectivity index (χ2n) is 9.98. The monoisotopic (exact) mass is 545 g/mol. The van der Waals surface area contributed by atoms with Crippen LogP contribution in [0.1, 0.15) is 35.2 Å². The molecule has 2 unspecified atom stereocenters. The summed E-state index contributed by atoms with van der Waals surface area (Å²) in [6.07, 6.45) is 5.49. The van der Waals surface area contributed by atoms with E-state index in [2.05, 4.69) is 9.88 Å². The van der Waals surface area contributed by atoms with Crippen LogP contribution in [0.3, 0.4) is 0 Å². The van der Waals surface area contributed by atoms with Crippen LogP contribution < -0.4 is 0 Å². The van der Waals surface area contributed by atoms with Gasteiger partial charge in [-0.2, -0.15) is 0 Å². The number of aliphatic hydroxyl groups excluding tert-OH is 1. The maximum Gasteiger partial charge on any atom is 0.254 e. The van der Waals surface area contributed by atoms with Gasteiger partial charge in [-0.05, 0) is 86.0 Å². The summed E-state index contributed by atoms with van der Waals surface area (Å²) in [7, 11) is 0. The molecule has 190 valence electrons. The van der Waals surface area contributed by atoms with Crippen molar-refractivity contribution >= 4 is 51.6 Å². The third-order valence-corrected chi connectivity index (χ3v) is 8.82. The molecule has 2 atom stereocenters. The summed E-state index contributed by atoms with van der Waals surface area (Å²) in [5, 5.41) is 12.7. The van der Waals surface area contributed by atoms with Gasteiger partial charge in [0.1, 0.15) is 0 Å². The Morgan fingerprint density at radius 2 is 1.75 bits per heavy atom. The number of carbonyl (C=O) groups is 1. The van der Waals surface area contributed by atoms with Crippen LogP contribution in [0.5, 0.6) is 0 Å². The minimum absolute atomic E-state index is 0.0386. The Morgan fingerprint density at radius 3 is 2.50 bits per heavy atom. The van der Waals surface area contributed by atoms with E-state index in [0.29, 0.717) is 32.6 Å². The van der Waals surface area contributed by atoms with Gasteiger partial charge in [0.25, 0.3) is 5.91 Å². The minimum Gasteiger partial charge on any atom is -0.396 e. The first-order chi connectivity index (χ1) is 17.4. The molecule has 2 aliphatic heterocycles. The van der Waals surface area contributed by atoms with Gasteiger partial charge in [0, 0.05) is 48.9 Å². The quantitative estimate of drug-likeness (QED) is 0.428. The highest BCUT2D eigenvalue weighted by Crippen LogP contribution is 2.32. The molecule has 1 N–H and O–H groups in total. The van der Waals surface area contributed by atoms with Gasteiger partial charge in [-0.3, -0.25) is 14.7 Å². The number of rotatable bonds is 5. The van der Waals surface area contributed by atoms with Crippen molar-refractivity contribution in [3.8, 4) is 0 Å². The standard InChI is InChI=1S/C28H30Cl3N3O2/c29-21-2-4-27-24(15-21)23(5-9-32-27)28(36)33-11-7-22(8-12-33)34-10-6-19(20(16-34)17-35)13-18-1-3-25(30)26(31)14-18/h1-5,9,14-15,19-20,22,35H,6-8,10-13,16-17H2. The number of hydrogen-bond donors (Lipinski definition) is 1. The summed E-state index contributed by atoms with van der Waals surface area (Å²) in [6.45, 7) is 3.52. The van der Waals surface area contributed by atoms with Crippen molar-refractivity contribution in [3.05, 3.63) is 74.9 Å². The first-order valence-electron chi connectivity index (χ1n) is 12.6. The van der Waals surface area contributed by atoms with E-state index in [1.54, 1.807) is 18.3 Å². The predicted molar refractivity (Wildman–Crippen MR) is 146 cm³/mol. The van der Waals surface area contributed by atoms with Crippen LogP contribution in [0.2, 0.25) is 15.1 Å². The summed E-state index contributed by atoms with van der Waals surface area (Å²) in [4.78, 5) is 22.2. The summed E-state index contributed by atoms with van der Waals surface area (Å²) in [5.74, 6) is 0.675. The van der Waals surface area contributed by atoms with Gasteiger partial charge in [-0.25, -0.2) is 0 Å². The van der Waals surface area contributed by atoms with Gasteiger partial charge in [0.05, 0.1) is 21.1 Å². The van der Waals surface area contributed by atoms with Crippen LogP contribution in [0.15, 0.2) is 48.7 Å². The Bertz CT molecular complexity index is 1250. The smallest absolute Gasteiger partial charge is 0.254 e. The number of nitrogens with zero attached hydrogens (tertiary/aromatic N) is 3. The molecule has 2 saturated heterocycles. The second kappa shape index (κ2) is 11.2. The molecule has 1 aromatic heterocycles. The van der Waals surface area contributed by atoms with Crippen molar-refractivity contribution in [3.63, 3.8) is 0 Å². The van der Waals surface area contributed by atoms with Gasteiger partial charge in [-0.15, -0.1) is 0 Å². The zero-order valence-electron chi connectivity index (χ0n) is 20.0. The Labute approximate surface area is 227 Å². The van der Waals surface area contributed by atoms with Crippen LogP contribution in [-0.4, -0.2) is 64.6 Å². The van der Waals surface area contributed by atoms with E-state index < -0.39 is 0 Å². The van der Waals surface area contributed by atoms with E-state index in [4.69, 9.17) is 34.8 Å². The summed E-state index contributed by atoms with van der Waals surface area (Å²) < 4.78 is 0. The van der Waals surface area contributed by atoms with Crippen LogP contribution >= 0.6 is 34.8 Å². The number of likely N-dealkylation sites (tertiary alicyclic amines) is 2. The fourth-order valence-electron chi connectivity index (χ4n) is 5.79. The molecule has 0 bridgehead atoms. The zero-order valence-corrected chi connectivity index (χ0v) is 22.3. The largest absolute Gasteiger partial charge is 0.396 e. The lowest BCUT2D eigenvalue weighted by Gasteiger charge is -2.44. The summed E-state index contributed by atoms with van der Waals surface area (Å²) in [5.41, 5.74) is 2.60. The Morgan fingerprint density at radius 1 is 0.944 bits per heavy atom. The lowest BCUT2D eigenvalue weighted by molar-refractivity contribution is 0.0242. The Hall–Kier alpha value is -1.89. The average Bonchev–Trinajstić information content (AvgIpc) is 2.90. The molecule has 3 heterocycles. The highest BCUT2D eigenvalue weighted by Gasteiger charge is 2.34. The summed E-state index contributed by atoms with van der Waals surface area (Å²) in [6, 6.07) is 13.5. The average molecular weight is 547 g/mol. The van der Waals surface area contributed by atoms with E-state index in [9.17, 15) is 9.90 Å². The minimum atomic E-state index is 0.0386. The number of halogens is 3. The molecule has 0 radical (unpaired) electrons. The lowest BCUT2D eigenvalue weighted by Crippen LogP contribution is -2.52. The number of aromatic nitrogens is 1. The van der Waals surface area contributed by atoms with Crippen molar-refractivity contribution in [1.29, 1.82) is 0 Å². The molecule has 5 rings (SSSR count). The molecule has 2 aliphatic rings. The van der Waals surface area contributed by atoms with Crippen molar-refractivity contribution in [2.75, 3.05) is 32.8 Å². The molecular weight excluding hydrogens is 517 g/mol. The van der Waals surface area contributed by atoms with Crippen LogP contribution in [0.25, 0.3) is 10.9 Å². The van der Waals surface area contributed by atoms with E-state index >= 15 is 0 Å². The Kier molecular flexibility index (Phi) is 8.04. The fraction of sp³-hybridized carbons (Fsp3) is 0.429. The number of hydrogen-bond acceptors (Lipinski definition) is 4. The topological polar surface area (TPSA) is 56.7 Å². The highest BCUT2D eigenvalue weighted by atomic mass is 35.5. The fourth-order valence-corrected chi connectivity index (χ4v) is 6.29. The number of aliphatic hydroxyl groups is 1. The number of fused-ring (bicyclic) bond motifs is 1. The number of pyridine rings is 1. The second-order valence-corrected chi connectivity index (χ2v) is 11.2. The number of amides is 1. The molecule has 1 amide bonds. The number of piperidine rings is 2. The van der Waals surface area contributed by atoms with Crippen molar-refractivity contribution < 1.29 is 9.90 Å². The van der Waals surface area contributed by atoms with Crippen molar-refractivity contribution in [2.45, 2.75) is 31.7 Å². The molecular formula is C28H30Cl3N3O2. The van der Waals surface area contributed by atoms with Gasteiger partial charge < -0.3 is 10.0 Å². The highest BCUT2D eigenvalue weighted by molar-refractivity contribution is 6.42. The molecule has 36 heavy (non-hydrogen) atoms. The maximum atomic E-state index is 13.4. The SMILES string of the molecule is O=C(c1ccnc2ccc(Cl)cc12)N1CCC(N2CCC(Cc3ccc(Cl)c(Cl)c3)C(CO)C2)CC1. The van der Waals surface area contributed by atoms with Gasteiger partial charge >= 0.3 is 0 Å². The third kappa shape index (κ3) is 5.51. The van der Waals surface area contributed by atoms with Crippen LogP contribution in [0.4, 0.5) is 0 Å². The van der Waals surface area contributed by atoms with Crippen LogP contribution in [-0.2, 0) is 6.42 Å². The molecule has 0 spiro atoms. The van der Waals surface area contributed by atoms with Gasteiger partial charge in [0.15, 0.2) is 0 Å². The third-order valence-electron chi connectivity index (χ3n) is 7.84. The van der Waals surface area contributed by atoms with E-state index in [1.807, 2.05) is 35.2 Å². The normalized spacial score (nSPS) is 21.7. The molecule has 5 nitrogen and oxygen atoms in total. The molecule has 3 aromatic rings. The van der Waals surface area contributed by atoms with Crippen LogP contribution in [0, 0.1) is 11.8 Å². The first-order valence-corrected chi connectivity index (χ1v) is 13.7. The van der Waals surface area contributed by atoms with Gasteiger partial charge in [-0.1, -0.05) is 40.9 Å².